The van der Waals surface area contributed by atoms with Crippen LogP contribution >= 0.6 is 23.1 Å². The van der Waals surface area contributed by atoms with Crippen LogP contribution in [0.15, 0.2) is 63.6 Å². The van der Waals surface area contributed by atoms with Gasteiger partial charge in [0.1, 0.15) is 5.82 Å². The van der Waals surface area contributed by atoms with Crippen LogP contribution in [0.5, 0.6) is 0 Å². The molecule has 0 saturated carbocycles. The molecule has 4 aromatic rings. The molecule has 33 heavy (non-hydrogen) atoms. The van der Waals surface area contributed by atoms with Gasteiger partial charge in [-0.3, -0.25) is 9.52 Å². The van der Waals surface area contributed by atoms with E-state index in [2.05, 4.69) is 25.2 Å². The number of halogens is 1. The summed E-state index contributed by atoms with van der Waals surface area (Å²) in [6, 6.07) is 12.4. The lowest BCUT2D eigenvalue weighted by molar-refractivity contribution is -0.113. The van der Waals surface area contributed by atoms with E-state index >= 15 is 0 Å². The molecular weight excluding hydrogens is 489 g/mol. The van der Waals surface area contributed by atoms with Crippen LogP contribution < -0.4 is 10.0 Å². The van der Waals surface area contributed by atoms with E-state index in [4.69, 9.17) is 4.42 Å². The number of amides is 1. The number of anilines is 2. The molecule has 0 saturated heterocycles. The first kappa shape index (κ1) is 22.9. The third kappa shape index (κ3) is 6.37. The molecule has 170 valence electrons. The fourth-order valence-electron chi connectivity index (χ4n) is 2.65. The highest BCUT2D eigenvalue weighted by molar-refractivity contribution is 7.99. The van der Waals surface area contributed by atoms with Gasteiger partial charge in [-0.25, -0.2) is 17.8 Å². The summed E-state index contributed by atoms with van der Waals surface area (Å²) in [5.41, 5.74) is 2.41. The van der Waals surface area contributed by atoms with Crippen LogP contribution in [0.25, 0.3) is 22.7 Å². The van der Waals surface area contributed by atoms with E-state index < -0.39 is 10.0 Å². The molecule has 4 rings (SSSR count). The van der Waals surface area contributed by atoms with Gasteiger partial charge in [0.15, 0.2) is 5.13 Å². The van der Waals surface area contributed by atoms with Gasteiger partial charge in [0.05, 0.1) is 17.7 Å². The van der Waals surface area contributed by atoms with Gasteiger partial charge in [-0.05, 0) is 48.5 Å². The number of sulfonamides is 1. The van der Waals surface area contributed by atoms with Crippen molar-refractivity contribution in [3.8, 4) is 22.7 Å². The Morgan fingerprint density at radius 1 is 1.09 bits per heavy atom. The Balaban J connectivity index is 1.31. The molecule has 0 bridgehead atoms. The molecule has 2 aromatic heterocycles. The summed E-state index contributed by atoms with van der Waals surface area (Å²) in [5, 5.41) is 13.0. The van der Waals surface area contributed by atoms with Gasteiger partial charge >= 0.3 is 0 Å². The fourth-order valence-corrected chi connectivity index (χ4v) is 4.51. The van der Waals surface area contributed by atoms with Crippen molar-refractivity contribution in [3.05, 3.63) is 59.7 Å². The van der Waals surface area contributed by atoms with E-state index in [-0.39, 0.29) is 28.6 Å². The molecule has 9 nitrogen and oxygen atoms in total. The van der Waals surface area contributed by atoms with Crippen molar-refractivity contribution in [1.82, 2.24) is 15.2 Å². The minimum atomic E-state index is -3.36. The van der Waals surface area contributed by atoms with Crippen molar-refractivity contribution in [1.29, 1.82) is 0 Å². The number of carbonyl (C=O) groups is 1. The average Bonchev–Trinajstić information content (AvgIpc) is 3.42. The molecule has 2 N–H and O–H groups in total. The van der Waals surface area contributed by atoms with E-state index in [1.807, 2.05) is 0 Å². The first-order valence-corrected chi connectivity index (χ1v) is 13.1. The van der Waals surface area contributed by atoms with Crippen LogP contribution in [0.4, 0.5) is 15.2 Å². The highest BCUT2D eigenvalue weighted by Crippen LogP contribution is 2.27. The number of nitrogens with zero attached hydrogens (tertiary/aromatic N) is 3. The number of thiazole rings is 1. The van der Waals surface area contributed by atoms with Crippen molar-refractivity contribution < 1.29 is 22.0 Å². The monoisotopic (exact) mass is 505 g/mol. The quantitative estimate of drug-likeness (QED) is 0.343. The molecule has 1 amide bonds. The van der Waals surface area contributed by atoms with E-state index in [0.717, 1.165) is 23.6 Å². The van der Waals surface area contributed by atoms with Crippen molar-refractivity contribution in [3.63, 3.8) is 0 Å². The maximum atomic E-state index is 13.1. The fraction of sp³-hybridized carbons (Fsp3) is 0.100. The summed E-state index contributed by atoms with van der Waals surface area (Å²) in [4.78, 5) is 16.6. The molecule has 0 radical (unpaired) electrons. The SMILES string of the molecule is CS(=O)(=O)Nc1ccc(-c2nnc(SCC(=O)Nc3nc(-c4ccc(F)cc4)cs3)o2)cc1. The van der Waals surface area contributed by atoms with Gasteiger partial charge in [-0.1, -0.05) is 11.8 Å². The van der Waals surface area contributed by atoms with Crippen molar-refractivity contribution in [2.75, 3.05) is 22.0 Å². The van der Waals surface area contributed by atoms with Gasteiger partial charge in [0, 0.05) is 22.2 Å². The van der Waals surface area contributed by atoms with Crippen molar-refractivity contribution >= 4 is 49.8 Å². The van der Waals surface area contributed by atoms with Gasteiger partial charge < -0.3 is 9.73 Å². The molecule has 0 spiro atoms. The van der Waals surface area contributed by atoms with E-state index in [9.17, 15) is 17.6 Å². The Morgan fingerprint density at radius 2 is 1.79 bits per heavy atom. The molecule has 0 aliphatic heterocycles. The molecule has 0 aliphatic rings. The molecule has 0 aliphatic carbocycles. The standard InChI is InChI=1S/C20H16FN5O4S3/c1-33(28,29)26-15-8-4-13(5-9-15)18-24-25-20(30-18)32-11-17(27)23-19-22-16(10-31-19)12-2-6-14(21)7-3-12/h2-10,26H,11H2,1H3,(H,22,23,27). The van der Waals surface area contributed by atoms with Gasteiger partial charge in [0.25, 0.3) is 5.22 Å². The topological polar surface area (TPSA) is 127 Å². The number of nitrogens with one attached hydrogen (secondary N) is 2. The number of aromatic nitrogens is 3. The normalized spacial score (nSPS) is 11.3. The number of benzene rings is 2. The molecular formula is C20H16FN5O4S3. The van der Waals surface area contributed by atoms with Gasteiger partial charge in [0.2, 0.25) is 21.8 Å². The zero-order valence-corrected chi connectivity index (χ0v) is 19.4. The second-order valence-electron chi connectivity index (χ2n) is 6.71. The number of rotatable bonds is 8. The first-order chi connectivity index (χ1) is 15.7. The van der Waals surface area contributed by atoms with Gasteiger partial charge in [-0.2, -0.15) is 0 Å². The second-order valence-corrected chi connectivity index (χ2v) is 10.2. The lowest BCUT2D eigenvalue weighted by Crippen LogP contribution is -2.13. The predicted octanol–water partition coefficient (Wildman–Crippen LogP) is 4.10. The minimum Gasteiger partial charge on any atom is -0.411 e. The smallest absolute Gasteiger partial charge is 0.277 e. The largest absolute Gasteiger partial charge is 0.411 e. The van der Waals surface area contributed by atoms with Crippen LogP contribution in [0.2, 0.25) is 0 Å². The highest BCUT2D eigenvalue weighted by atomic mass is 32.2. The minimum absolute atomic E-state index is 0.0321. The summed E-state index contributed by atoms with van der Waals surface area (Å²) >= 11 is 2.33. The van der Waals surface area contributed by atoms with Crippen LogP contribution in [0.1, 0.15) is 0 Å². The number of carbonyl (C=O) groups excluding carboxylic acids is 1. The second kappa shape index (κ2) is 9.68. The summed E-state index contributed by atoms with van der Waals surface area (Å²) in [7, 11) is -3.36. The Kier molecular flexibility index (Phi) is 6.72. The van der Waals surface area contributed by atoms with Crippen molar-refractivity contribution in [2.24, 2.45) is 0 Å². The van der Waals surface area contributed by atoms with Crippen LogP contribution in [0.3, 0.4) is 0 Å². The lowest BCUT2D eigenvalue weighted by atomic mass is 10.2. The Morgan fingerprint density at radius 3 is 2.48 bits per heavy atom. The Hall–Kier alpha value is -3.29. The molecule has 2 heterocycles. The van der Waals surface area contributed by atoms with Crippen LogP contribution in [-0.2, 0) is 14.8 Å². The Labute approximate surface area is 196 Å². The number of hydrogen-bond donors (Lipinski definition) is 2. The van der Waals surface area contributed by atoms with E-state index in [1.54, 1.807) is 41.8 Å². The number of hydrogen-bond acceptors (Lipinski definition) is 9. The Bertz CT molecular complexity index is 1370. The van der Waals surface area contributed by atoms with Crippen molar-refractivity contribution in [2.45, 2.75) is 5.22 Å². The first-order valence-electron chi connectivity index (χ1n) is 9.31. The van der Waals surface area contributed by atoms with Crippen LogP contribution in [-0.4, -0.2) is 41.5 Å². The average molecular weight is 506 g/mol. The summed E-state index contributed by atoms with van der Waals surface area (Å²) in [6.45, 7) is 0. The zero-order valence-electron chi connectivity index (χ0n) is 17.0. The lowest BCUT2D eigenvalue weighted by Gasteiger charge is -2.03. The third-order valence-electron chi connectivity index (χ3n) is 4.06. The van der Waals surface area contributed by atoms with E-state index in [0.29, 0.717) is 22.1 Å². The van der Waals surface area contributed by atoms with Gasteiger partial charge in [-0.15, -0.1) is 21.5 Å². The summed E-state index contributed by atoms with van der Waals surface area (Å²) in [6.07, 6.45) is 1.07. The summed E-state index contributed by atoms with van der Waals surface area (Å²) < 4.78 is 43.5. The highest BCUT2D eigenvalue weighted by Gasteiger charge is 2.13. The maximum Gasteiger partial charge on any atom is 0.277 e. The van der Waals surface area contributed by atoms with Crippen LogP contribution in [0, 0.1) is 5.82 Å². The molecule has 0 fully saturated rings. The molecule has 2 aromatic carbocycles. The predicted molar refractivity (Wildman–Crippen MR) is 125 cm³/mol. The number of thioether (sulfide) groups is 1. The molecule has 13 heteroatoms. The maximum absolute atomic E-state index is 13.1. The van der Waals surface area contributed by atoms with E-state index in [1.165, 1.54) is 23.5 Å². The molecule has 0 unspecified atom stereocenters. The zero-order chi connectivity index (χ0) is 23.4. The molecule has 0 atom stereocenters. The summed E-state index contributed by atoms with van der Waals surface area (Å²) in [5.74, 6) is -0.349. The third-order valence-corrected chi connectivity index (χ3v) is 6.24.